The summed E-state index contributed by atoms with van der Waals surface area (Å²) in [4.78, 5) is 21.2. The summed E-state index contributed by atoms with van der Waals surface area (Å²) >= 11 is 1.47. The Balaban J connectivity index is 1.62. The van der Waals surface area contributed by atoms with E-state index in [1.807, 2.05) is 7.05 Å². The number of fused-ring (bicyclic) bond motifs is 3. The first-order chi connectivity index (χ1) is 13.4. The smallest absolute Gasteiger partial charge is 0.374 e. The van der Waals surface area contributed by atoms with Crippen LogP contribution in [0.5, 0.6) is 5.88 Å². The molecule has 28 heavy (non-hydrogen) atoms. The molecule has 2 N–H and O–H groups in total. The molecule has 0 aromatic carbocycles. The Kier molecular flexibility index (Phi) is 5.22. The van der Waals surface area contributed by atoms with Crippen LogP contribution >= 0.6 is 11.3 Å². The number of ether oxygens (including phenoxy) is 1. The molecule has 0 radical (unpaired) electrons. The number of aromatic nitrogens is 2. The van der Waals surface area contributed by atoms with E-state index >= 15 is 0 Å². The van der Waals surface area contributed by atoms with Gasteiger partial charge in [0.1, 0.15) is 17.3 Å². The number of alkyl halides is 2. The fourth-order valence-electron chi connectivity index (χ4n) is 4.36. The van der Waals surface area contributed by atoms with Gasteiger partial charge in [-0.3, -0.25) is 0 Å². The zero-order chi connectivity index (χ0) is 19.9. The van der Waals surface area contributed by atoms with Crippen LogP contribution in [-0.2, 0) is 11.2 Å². The van der Waals surface area contributed by atoms with Gasteiger partial charge in [-0.25, -0.2) is 14.8 Å². The first-order valence-electron chi connectivity index (χ1n) is 9.60. The Labute approximate surface area is 165 Å². The highest BCUT2D eigenvalue weighted by atomic mass is 32.1. The highest BCUT2D eigenvalue weighted by Crippen LogP contribution is 2.49. The van der Waals surface area contributed by atoms with Crippen molar-refractivity contribution in [1.29, 1.82) is 0 Å². The molecule has 0 amide bonds. The van der Waals surface area contributed by atoms with Crippen molar-refractivity contribution in [3.05, 3.63) is 16.8 Å². The lowest BCUT2D eigenvalue weighted by Crippen LogP contribution is -2.34. The van der Waals surface area contributed by atoms with E-state index in [2.05, 4.69) is 15.3 Å². The van der Waals surface area contributed by atoms with Gasteiger partial charge in [0.15, 0.2) is 0 Å². The summed E-state index contributed by atoms with van der Waals surface area (Å²) in [5, 5.41) is 12.8. The average molecular weight is 411 g/mol. The second-order valence-corrected chi connectivity index (χ2v) is 8.71. The summed E-state index contributed by atoms with van der Waals surface area (Å²) in [6, 6.07) is 0.498. The lowest BCUT2D eigenvalue weighted by atomic mass is 9.93. The van der Waals surface area contributed by atoms with Crippen molar-refractivity contribution in [2.24, 2.45) is 0 Å². The Morgan fingerprint density at radius 1 is 1.32 bits per heavy atom. The van der Waals surface area contributed by atoms with Crippen LogP contribution in [-0.4, -0.2) is 46.2 Å². The Hall–Kier alpha value is -1.87. The maximum Gasteiger partial charge on any atom is 0.374 e. The van der Waals surface area contributed by atoms with Gasteiger partial charge in [0.2, 0.25) is 5.88 Å². The molecule has 0 unspecified atom stereocenters. The molecule has 4 rings (SSSR count). The molecule has 152 valence electrons. The first-order valence-corrected chi connectivity index (χ1v) is 10.4. The average Bonchev–Trinajstić information content (AvgIpc) is 3.22. The number of aryl methyl sites for hydroxylation is 1. The van der Waals surface area contributed by atoms with Crippen LogP contribution in [0.25, 0.3) is 10.2 Å². The van der Waals surface area contributed by atoms with Crippen molar-refractivity contribution in [1.82, 2.24) is 15.3 Å². The molecule has 0 bridgehead atoms. The minimum absolute atomic E-state index is 0.0403. The van der Waals surface area contributed by atoms with Gasteiger partial charge in [-0.2, -0.15) is 8.78 Å². The minimum atomic E-state index is -3.75. The van der Waals surface area contributed by atoms with Crippen molar-refractivity contribution in [3.63, 3.8) is 0 Å². The number of thiophene rings is 1. The molecule has 2 heterocycles. The number of carboxylic acids is 1. The van der Waals surface area contributed by atoms with Crippen LogP contribution < -0.4 is 10.1 Å². The standard InChI is InChI=1S/C19H23F2N3O3S/c1-22-11-3-5-12(6-4-11)27-16-15-14-10(8-19(20,21)18(25)26)2-7-13(14)28-17(15)24-9-23-16/h9-12,22H,2-8H2,1H3,(H,25,26)/t10-,11-,12-/m1/s1. The van der Waals surface area contributed by atoms with E-state index in [1.165, 1.54) is 17.7 Å². The maximum atomic E-state index is 13.9. The largest absolute Gasteiger partial charge is 0.477 e. The van der Waals surface area contributed by atoms with Crippen molar-refractivity contribution in [3.8, 4) is 5.88 Å². The van der Waals surface area contributed by atoms with Gasteiger partial charge in [0, 0.05) is 17.3 Å². The van der Waals surface area contributed by atoms with E-state index in [0.29, 0.717) is 30.1 Å². The molecule has 1 atom stereocenters. The fourth-order valence-corrected chi connectivity index (χ4v) is 5.59. The molecule has 0 aliphatic heterocycles. The second-order valence-electron chi connectivity index (χ2n) is 7.63. The molecule has 9 heteroatoms. The van der Waals surface area contributed by atoms with Crippen LogP contribution in [0.2, 0.25) is 0 Å². The minimum Gasteiger partial charge on any atom is -0.477 e. The van der Waals surface area contributed by atoms with Crippen molar-refractivity contribution in [2.75, 3.05) is 7.05 Å². The van der Waals surface area contributed by atoms with Crippen LogP contribution in [0, 0.1) is 0 Å². The molecule has 2 aromatic heterocycles. The van der Waals surface area contributed by atoms with Crippen LogP contribution in [0.3, 0.4) is 0 Å². The summed E-state index contributed by atoms with van der Waals surface area (Å²) in [7, 11) is 1.96. The Bertz CT molecular complexity index is 881. The van der Waals surface area contributed by atoms with Crippen LogP contribution in [0.4, 0.5) is 8.78 Å². The molecule has 2 aromatic rings. The zero-order valence-corrected chi connectivity index (χ0v) is 16.4. The summed E-state index contributed by atoms with van der Waals surface area (Å²) in [6.07, 6.45) is 5.80. The normalized spacial score (nSPS) is 25.0. The van der Waals surface area contributed by atoms with E-state index in [4.69, 9.17) is 9.84 Å². The molecular formula is C19H23F2N3O3S. The maximum absolute atomic E-state index is 13.9. The fraction of sp³-hybridized carbons (Fsp3) is 0.632. The predicted octanol–water partition coefficient (Wildman–Crippen LogP) is 3.74. The third-order valence-corrected chi connectivity index (χ3v) is 7.05. The van der Waals surface area contributed by atoms with Gasteiger partial charge in [0.25, 0.3) is 0 Å². The summed E-state index contributed by atoms with van der Waals surface area (Å²) in [5.41, 5.74) is 0.764. The van der Waals surface area contributed by atoms with E-state index < -0.39 is 24.2 Å². The van der Waals surface area contributed by atoms with E-state index in [1.54, 1.807) is 0 Å². The topological polar surface area (TPSA) is 84.3 Å². The number of halogens is 2. The zero-order valence-electron chi connectivity index (χ0n) is 15.6. The molecule has 0 saturated heterocycles. The number of hydrogen-bond donors (Lipinski definition) is 2. The lowest BCUT2D eigenvalue weighted by molar-refractivity contribution is -0.166. The first kappa shape index (κ1) is 19.4. The van der Waals surface area contributed by atoms with Gasteiger partial charge in [-0.15, -0.1) is 11.3 Å². The number of aliphatic carboxylic acids is 1. The third kappa shape index (κ3) is 3.57. The number of rotatable bonds is 6. The summed E-state index contributed by atoms with van der Waals surface area (Å²) in [5.74, 6) is -5.90. The molecule has 6 nitrogen and oxygen atoms in total. The monoisotopic (exact) mass is 411 g/mol. The summed E-state index contributed by atoms with van der Waals surface area (Å²) in [6.45, 7) is 0. The molecule has 2 aliphatic rings. The molecular weight excluding hydrogens is 388 g/mol. The Morgan fingerprint density at radius 3 is 2.75 bits per heavy atom. The summed E-state index contributed by atoms with van der Waals surface area (Å²) < 4.78 is 33.9. The quantitative estimate of drug-likeness (QED) is 0.753. The second kappa shape index (κ2) is 7.51. The molecule has 2 aliphatic carbocycles. The number of hydrogen-bond acceptors (Lipinski definition) is 6. The highest BCUT2D eigenvalue weighted by Gasteiger charge is 2.44. The van der Waals surface area contributed by atoms with Crippen molar-refractivity contribution >= 4 is 27.5 Å². The SMILES string of the molecule is CN[C@H]1CC[C@H](Oc2ncnc3sc4c(c23)[C@@H](CC(F)(F)C(=O)O)CC4)CC1. The molecule has 0 spiro atoms. The number of nitrogens with one attached hydrogen (secondary N) is 1. The molecule has 1 fully saturated rings. The Morgan fingerprint density at radius 2 is 2.07 bits per heavy atom. The lowest BCUT2D eigenvalue weighted by Gasteiger charge is -2.28. The number of carbonyl (C=O) groups is 1. The molecule has 1 saturated carbocycles. The predicted molar refractivity (Wildman–Crippen MR) is 101 cm³/mol. The van der Waals surface area contributed by atoms with Gasteiger partial charge in [-0.05, 0) is 57.1 Å². The number of carboxylic acid groups (broad SMARTS) is 1. The van der Waals surface area contributed by atoms with Crippen molar-refractivity contribution < 1.29 is 23.4 Å². The van der Waals surface area contributed by atoms with Gasteiger partial charge >= 0.3 is 11.9 Å². The van der Waals surface area contributed by atoms with E-state index in [-0.39, 0.29) is 6.10 Å². The van der Waals surface area contributed by atoms with Gasteiger partial charge in [-0.1, -0.05) is 0 Å². The van der Waals surface area contributed by atoms with Gasteiger partial charge < -0.3 is 15.2 Å². The van der Waals surface area contributed by atoms with E-state index in [0.717, 1.165) is 41.0 Å². The van der Waals surface area contributed by atoms with Crippen LogP contribution in [0.15, 0.2) is 6.33 Å². The highest BCUT2D eigenvalue weighted by molar-refractivity contribution is 7.19. The van der Waals surface area contributed by atoms with Crippen molar-refractivity contribution in [2.45, 2.75) is 68.9 Å². The third-order valence-electron chi connectivity index (χ3n) is 5.87. The van der Waals surface area contributed by atoms with Crippen LogP contribution in [0.1, 0.15) is 54.9 Å². The number of nitrogens with zero attached hydrogens (tertiary/aromatic N) is 2. The van der Waals surface area contributed by atoms with E-state index in [9.17, 15) is 13.6 Å². The van der Waals surface area contributed by atoms with Gasteiger partial charge in [0.05, 0.1) is 5.39 Å².